The van der Waals surface area contributed by atoms with Gasteiger partial charge in [0.15, 0.2) is 11.6 Å². The van der Waals surface area contributed by atoms with E-state index in [0.717, 1.165) is 0 Å². The molecule has 0 spiro atoms. The number of carbonyl (C=O) groups excluding carboxylic acids is 1. The van der Waals surface area contributed by atoms with Crippen LogP contribution in [0, 0.1) is 31.3 Å². The Balaban J connectivity index is 2.32. The lowest BCUT2D eigenvalue weighted by Crippen LogP contribution is -2.15. The fraction of sp³-hybridized carbons (Fsp3) is 0.167. The Morgan fingerprint density at radius 3 is 2.37 bits per heavy atom. The molecule has 0 radical (unpaired) electrons. The summed E-state index contributed by atoms with van der Waals surface area (Å²) in [7, 11) is 0. The van der Waals surface area contributed by atoms with Crippen LogP contribution in [0.1, 0.15) is 21.7 Å². The van der Waals surface area contributed by atoms with E-state index in [0.29, 0.717) is 23.5 Å². The summed E-state index contributed by atoms with van der Waals surface area (Å²) in [5, 5.41) is 8.60. The summed E-state index contributed by atoms with van der Waals surface area (Å²) in [6.07, 6.45) is 0. The number of hydrogen-bond donors (Lipinski definition) is 2. The molecule has 0 aliphatic heterocycles. The predicted molar refractivity (Wildman–Crippen MR) is 62.3 cm³/mol. The second kappa shape index (κ2) is 4.75. The van der Waals surface area contributed by atoms with Crippen LogP contribution in [-0.4, -0.2) is 16.1 Å². The fourth-order valence-corrected chi connectivity index (χ4v) is 1.69. The van der Waals surface area contributed by atoms with Crippen LogP contribution in [0.4, 0.5) is 18.9 Å². The molecule has 100 valence electrons. The Hall–Kier alpha value is -2.31. The molecule has 2 rings (SSSR count). The Morgan fingerprint density at radius 2 is 1.79 bits per heavy atom. The first-order valence-corrected chi connectivity index (χ1v) is 5.37. The number of hydrogen-bond acceptors (Lipinski definition) is 2. The van der Waals surface area contributed by atoms with Crippen LogP contribution >= 0.6 is 0 Å². The van der Waals surface area contributed by atoms with Crippen LogP contribution in [-0.2, 0) is 0 Å². The van der Waals surface area contributed by atoms with Crippen LogP contribution in [0.3, 0.4) is 0 Å². The molecule has 0 fully saturated rings. The lowest BCUT2D eigenvalue weighted by atomic mass is 10.2. The number of nitrogens with one attached hydrogen (secondary N) is 2. The van der Waals surface area contributed by atoms with E-state index in [2.05, 4.69) is 15.5 Å². The highest BCUT2D eigenvalue weighted by Gasteiger charge is 2.18. The largest absolute Gasteiger partial charge is 0.319 e. The van der Waals surface area contributed by atoms with Crippen molar-refractivity contribution < 1.29 is 18.0 Å². The van der Waals surface area contributed by atoms with Gasteiger partial charge in [-0.25, -0.2) is 13.2 Å². The molecule has 1 heterocycles. The minimum atomic E-state index is -1.31. The number of aromatic nitrogens is 2. The average molecular weight is 269 g/mol. The van der Waals surface area contributed by atoms with Gasteiger partial charge in [-0.2, -0.15) is 5.10 Å². The zero-order valence-electron chi connectivity index (χ0n) is 10.1. The molecule has 0 aliphatic rings. The van der Waals surface area contributed by atoms with Crippen LogP contribution in [0.15, 0.2) is 12.1 Å². The molecule has 4 nitrogen and oxygen atoms in total. The monoisotopic (exact) mass is 269 g/mol. The summed E-state index contributed by atoms with van der Waals surface area (Å²) < 4.78 is 39.1. The van der Waals surface area contributed by atoms with Crippen molar-refractivity contribution in [3.05, 3.63) is 46.5 Å². The quantitative estimate of drug-likeness (QED) is 0.823. The highest BCUT2D eigenvalue weighted by atomic mass is 19.2. The van der Waals surface area contributed by atoms with Crippen molar-refractivity contribution in [3.8, 4) is 0 Å². The third kappa shape index (κ3) is 2.44. The first kappa shape index (κ1) is 13.1. The van der Waals surface area contributed by atoms with Crippen molar-refractivity contribution in [3.63, 3.8) is 0 Å². The molecule has 19 heavy (non-hydrogen) atoms. The zero-order chi connectivity index (χ0) is 14.2. The average Bonchev–Trinajstić information content (AvgIpc) is 2.66. The highest BCUT2D eigenvalue weighted by molar-refractivity contribution is 6.05. The van der Waals surface area contributed by atoms with Crippen molar-refractivity contribution in [2.45, 2.75) is 13.8 Å². The van der Waals surface area contributed by atoms with Crippen molar-refractivity contribution in [1.82, 2.24) is 10.2 Å². The molecule has 0 unspecified atom stereocenters. The molecule has 0 saturated heterocycles. The van der Waals surface area contributed by atoms with Crippen molar-refractivity contribution >= 4 is 11.6 Å². The molecule has 1 aromatic carbocycles. The van der Waals surface area contributed by atoms with E-state index in [9.17, 15) is 18.0 Å². The first-order chi connectivity index (χ1) is 8.90. The van der Waals surface area contributed by atoms with Crippen molar-refractivity contribution in [2.75, 3.05) is 5.32 Å². The van der Waals surface area contributed by atoms with E-state index in [1.807, 2.05) is 0 Å². The number of benzene rings is 1. The summed E-state index contributed by atoms with van der Waals surface area (Å²) >= 11 is 0. The molecule has 2 N–H and O–H groups in total. The number of nitrogens with zero attached hydrogens (tertiary/aromatic N) is 1. The number of aryl methyl sites for hydroxylation is 2. The number of H-pyrrole nitrogens is 1. The topological polar surface area (TPSA) is 57.8 Å². The molecule has 1 aromatic heterocycles. The van der Waals surface area contributed by atoms with E-state index in [1.165, 1.54) is 0 Å². The fourth-order valence-electron chi connectivity index (χ4n) is 1.69. The molecular formula is C12H10F3N3O. The van der Waals surface area contributed by atoms with E-state index >= 15 is 0 Å². The van der Waals surface area contributed by atoms with Gasteiger partial charge < -0.3 is 5.32 Å². The summed E-state index contributed by atoms with van der Waals surface area (Å²) in [6, 6.07) is 0.966. The minimum Gasteiger partial charge on any atom is -0.319 e. The first-order valence-electron chi connectivity index (χ1n) is 5.37. The Kier molecular flexibility index (Phi) is 3.28. The van der Waals surface area contributed by atoms with Crippen LogP contribution in [0.25, 0.3) is 0 Å². The maximum atomic E-state index is 13.4. The number of halogens is 3. The molecule has 0 atom stereocenters. The SMILES string of the molecule is Cc1n[nH]c(C)c1C(=O)Nc1cc(F)c(F)cc1F. The molecule has 0 aliphatic carbocycles. The van der Waals surface area contributed by atoms with Gasteiger partial charge in [0.1, 0.15) is 5.82 Å². The van der Waals surface area contributed by atoms with Crippen molar-refractivity contribution in [2.24, 2.45) is 0 Å². The molecule has 0 saturated carbocycles. The van der Waals surface area contributed by atoms with E-state index < -0.39 is 29.0 Å². The number of aromatic amines is 1. The molecule has 7 heteroatoms. The lowest BCUT2D eigenvalue weighted by molar-refractivity contribution is 0.102. The lowest BCUT2D eigenvalue weighted by Gasteiger charge is -2.07. The molecule has 2 aromatic rings. The van der Waals surface area contributed by atoms with Crippen LogP contribution in [0.2, 0.25) is 0 Å². The number of carbonyl (C=O) groups is 1. The van der Waals surface area contributed by atoms with Crippen LogP contribution < -0.4 is 5.32 Å². The number of amides is 1. The standard InChI is InChI=1S/C12H10F3N3O/c1-5-11(6(2)18-17-5)12(19)16-10-4-8(14)7(13)3-9(10)15/h3-4H,1-2H3,(H,16,19)(H,17,18). The van der Waals surface area contributed by atoms with Gasteiger partial charge in [-0.15, -0.1) is 0 Å². The molecule has 1 amide bonds. The number of rotatable bonds is 2. The predicted octanol–water partition coefficient (Wildman–Crippen LogP) is 2.70. The smallest absolute Gasteiger partial charge is 0.259 e. The van der Waals surface area contributed by atoms with Gasteiger partial charge in [0, 0.05) is 17.8 Å². The van der Waals surface area contributed by atoms with E-state index in [1.54, 1.807) is 13.8 Å². The van der Waals surface area contributed by atoms with Gasteiger partial charge in [0.2, 0.25) is 0 Å². The van der Waals surface area contributed by atoms with Crippen LogP contribution in [0.5, 0.6) is 0 Å². The van der Waals surface area contributed by atoms with E-state index in [-0.39, 0.29) is 5.56 Å². The number of anilines is 1. The summed E-state index contributed by atoms with van der Waals surface area (Å²) in [5.74, 6) is -4.25. The molecule has 0 bridgehead atoms. The Labute approximate surface area is 106 Å². The Morgan fingerprint density at radius 1 is 1.16 bits per heavy atom. The normalized spacial score (nSPS) is 10.6. The maximum absolute atomic E-state index is 13.4. The van der Waals surface area contributed by atoms with Gasteiger partial charge in [0.25, 0.3) is 5.91 Å². The van der Waals surface area contributed by atoms with Gasteiger partial charge in [-0.05, 0) is 13.8 Å². The second-order valence-corrected chi connectivity index (χ2v) is 4.01. The zero-order valence-corrected chi connectivity index (χ0v) is 10.1. The van der Waals surface area contributed by atoms with Crippen molar-refractivity contribution in [1.29, 1.82) is 0 Å². The van der Waals surface area contributed by atoms with Gasteiger partial charge in [0.05, 0.1) is 16.9 Å². The molecular weight excluding hydrogens is 259 g/mol. The summed E-state index contributed by atoms with van der Waals surface area (Å²) in [4.78, 5) is 11.9. The van der Waals surface area contributed by atoms with Gasteiger partial charge in [-0.1, -0.05) is 0 Å². The Bertz CT molecular complexity index is 632. The summed E-state index contributed by atoms with van der Waals surface area (Å²) in [6.45, 7) is 3.22. The summed E-state index contributed by atoms with van der Waals surface area (Å²) in [5.41, 5.74) is 0.740. The maximum Gasteiger partial charge on any atom is 0.259 e. The minimum absolute atomic E-state index is 0.240. The van der Waals surface area contributed by atoms with E-state index in [4.69, 9.17) is 0 Å². The second-order valence-electron chi connectivity index (χ2n) is 4.01. The van der Waals surface area contributed by atoms with Gasteiger partial charge >= 0.3 is 0 Å². The van der Waals surface area contributed by atoms with Gasteiger partial charge in [-0.3, -0.25) is 9.89 Å². The third-order valence-corrected chi connectivity index (χ3v) is 2.61. The highest BCUT2D eigenvalue weighted by Crippen LogP contribution is 2.20. The third-order valence-electron chi connectivity index (χ3n) is 2.61.